The van der Waals surface area contributed by atoms with Crippen molar-refractivity contribution in [1.82, 2.24) is 20.8 Å². The number of hydrogen-bond donors (Lipinski definition) is 3. The molecule has 6 heteroatoms. The van der Waals surface area contributed by atoms with E-state index in [2.05, 4.69) is 27.8 Å². The van der Waals surface area contributed by atoms with Crippen molar-refractivity contribution in [2.24, 2.45) is 0 Å². The first-order valence-electron chi connectivity index (χ1n) is 9.46. The lowest BCUT2D eigenvalue weighted by molar-refractivity contribution is 0.0944. The third-order valence-electron chi connectivity index (χ3n) is 4.69. The standard InChI is InChI=1S/C20H28N4O2/c1-3-4-5-10-26-18-11-14(2)6-7-15(18)12-22-20(25)19-16-13-21-9-8-17(16)23-24-19/h6-7,11,21H,3-5,8-10,12-13H2,1-2H3,(H,22,25)(H,23,24). The number of benzene rings is 1. The molecule has 3 rings (SSSR count). The molecule has 2 aromatic rings. The number of H-pyrrole nitrogens is 1. The normalized spacial score (nSPS) is 13.3. The number of amides is 1. The number of nitrogens with one attached hydrogen (secondary N) is 3. The van der Waals surface area contributed by atoms with E-state index >= 15 is 0 Å². The van der Waals surface area contributed by atoms with Crippen molar-refractivity contribution in [3.63, 3.8) is 0 Å². The lowest BCUT2D eigenvalue weighted by Crippen LogP contribution is -2.28. The molecular formula is C20H28N4O2. The van der Waals surface area contributed by atoms with Gasteiger partial charge in [-0.15, -0.1) is 0 Å². The highest BCUT2D eigenvalue weighted by Gasteiger charge is 2.21. The van der Waals surface area contributed by atoms with Crippen LogP contribution in [0.4, 0.5) is 0 Å². The largest absolute Gasteiger partial charge is 0.493 e. The number of hydrogen-bond acceptors (Lipinski definition) is 4. The molecule has 6 nitrogen and oxygen atoms in total. The summed E-state index contributed by atoms with van der Waals surface area (Å²) in [6, 6.07) is 6.10. The van der Waals surface area contributed by atoms with Crippen LogP contribution in [0.1, 0.15) is 59.1 Å². The van der Waals surface area contributed by atoms with Gasteiger partial charge >= 0.3 is 0 Å². The van der Waals surface area contributed by atoms with Crippen molar-refractivity contribution in [2.75, 3.05) is 13.2 Å². The van der Waals surface area contributed by atoms with Gasteiger partial charge in [0.1, 0.15) is 5.75 Å². The molecule has 0 atom stereocenters. The maximum absolute atomic E-state index is 12.6. The highest BCUT2D eigenvalue weighted by molar-refractivity contribution is 5.94. The fourth-order valence-electron chi connectivity index (χ4n) is 3.15. The number of nitrogens with zero attached hydrogens (tertiary/aromatic N) is 1. The van der Waals surface area contributed by atoms with Crippen LogP contribution in [0.3, 0.4) is 0 Å². The number of unbranched alkanes of at least 4 members (excludes halogenated alkanes) is 2. The van der Waals surface area contributed by atoms with Gasteiger partial charge in [0.05, 0.1) is 6.61 Å². The summed E-state index contributed by atoms with van der Waals surface area (Å²) in [4.78, 5) is 12.6. The predicted octanol–water partition coefficient (Wildman–Crippen LogP) is 2.86. The minimum absolute atomic E-state index is 0.149. The second-order valence-electron chi connectivity index (χ2n) is 6.81. The van der Waals surface area contributed by atoms with Gasteiger partial charge in [-0.1, -0.05) is 31.9 Å². The number of aromatic amines is 1. The Labute approximate surface area is 154 Å². The maximum atomic E-state index is 12.6. The zero-order valence-electron chi connectivity index (χ0n) is 15.7. The Bertz CT molecular complexity index is 754. The SMILES string of the molecule is CCCCCOc1cc(C)ccc1CNC(=O)c1n[nH]c2c1CNCC2. The number of rotatable bonds is 8. The number of fused-ring (bicyclic) bond motifs is 1. The number of aromatic nitrogens is 2. The van der Waals surface area contributed by atoms with Gasteiger partial charge in [-0.25, -0.2) is 0 Å². The zero-order valence-corrected chi connectivity index (χ0v) is 15.7. The highest BCUT2D eigenvalue weighted by atomic mass is 16.5. The molecule has 0 bridgehead atoms. The van der Waals surface area contributed by atoms with Crippen LogP contribution < -0.4 is 15.4 Å². The summed E-state index contributed by atoms with van der Waals surface area (Å²) in [5.74, 6) is 0.704. The van der Waals surface area contributed by atoms with Crippen molar-refractivity contribution >= 4 is 5.91 Å². The minimum atomic E-state index is -0.149. The molecular weight excluding hydrogens is 328 g/mol. The molecule has 0 radical (unpaired) electrons. The van der Waals surface area contributed by atoms with E-state index in [9.17, 15) is 4.79 Å². The second kappa shape index (κ2) is 8.85. The summed E-state index contributed by atoms with van der Waals surface area (Å²) in [5.41, 5.74) is 4.67. The van der Waals surface area contributed by atoms with E-state index in [4.69, 9.17) is 4.74 Å². The summed E-state index contributed by atoms with van der Waals surface area (Å²) in [7, 11) is 0. The van der Waals surface area contributed by atoms with Gasteiger partial charge in [0, 0.05) is 42.9 Å². The van der Waals surface area contributed by atoms with Crippen LogP contribution in [0.5, 0.6) is 5.75 Å². The van der Waals surface area contributed by atoms with Crippen LogP contribution in [0.2, 0.25) is 0 Å². The Hall–Kier alpha value is -2.34. The topological polar surface area (TPSA) is 79.0 Å². The molecule has 0 aliphatic carbocycles. The first-order valence-corrected chi connectivity index (χ1v) is 9.46. The molecule has 1 aliphatic heterocycles. The van der Waals surface area contributed by atoms with E-state index < -0.39 is 0 Å². The van der Waals surface area contributed by atoms with Crippen LogP contribution in [-0.2, 0) is 19.5 Å². The molecule has 1 aromatic heterocycles. The van der Waals surface area contributed by atoms with Crippen LogP contribution >= 0.6 is 0 Å². The Morgan fingerprint density at radius 2 is 2.23 bits per heavy atom. The number of carbonyl (C=O) groups is 1. The summed E-state index contributed by atoms with van der Waals surface area (Å²) >= 11 is 0. The van der Waals surface area contributed by atoms with Gasteiger partial charge < -0.3 is 15.4 Å². The average molecular weight is 356 g/mol. The van der Waals surface area contributed by atoms with E-state index in [1.165, 1.54) is 6.42 Å². The molecule has 0 saturated heterocycles. The van der Waals surface area contributed by atoms with Gasteiger partial charge in [0.15, 0.2) is 5.69 Å². The lowest BCUT2D eigenvalue weighted by Gasteiger charge is -2.14. The summed E-state index contributed by atoms with van der Waals surface area (Å²) in [6.07, 6.45) is 4.26. The van der Waals surface area contributed by atoms with E-state index in [0.717, 1.165) is 53.9 Å². The summed E-state index contributed by atoms with van der Waals surface area (Å²) < 4.78 is 5.95. The van der Waals surface area contributed by atoms with Crippen LogP contribution in [-0.4, -0.2) is 29.3 Å². The highest BCUT2D eigenvalue weighted by Crippen LogP contribution is 2.21. The number of ether oxygens (including phenoxy) is 1. The minimum Gasteiger partial charge on any atom is -0.493 e. The summed E-state index contributed by atoms with van der Waals surface area (Å²) in [6.45, 7) is 6.96. The van der Waals surface area contributed by atoms with Gasteiger partial charge in [-0.05, 0) is 25.0 Å². The first kappa shape index (κ1) is 18.5. The Balaban J connectivity index is 1.63. The number of aryl methyl sites for hydroxylation is 1. The molecule has 0 unspecified atom stereocenters. The van der Waals surface area contributed by atoms with E-state index in [-0.39, 0.29) is 5.91 Å². The zero-order chi connectivity index (χ0) is 18.4. The molecule has 140 valence electrons. The first-order chi connectivity index (χ1) is 12.7. The second-order valence-corrected chi connectivity index (χ2v) is 6.81. The molecule has 1 aromatic carbocycles. The molecule has 0 saturated carbocycles. The lowest BCUT2D eigenvalue weighted by atomic mass is 10.1. The van der Waals surface area contributed by atoms with Crippen LogP contribution in [0.25, 0.3) is 0 Å². The molecule has 3 N–H and O–H groups in total. The third kappa shape index (κ3) is 4.43. The average Bonchev–Trinajstić information content (AvgIpc) is 3.08. The van der Waals surface area contributed by atoms with Crippen molar-refractivity contribution in [2.45, 2.75) is 52.6 Å². The molecule has 26 heavy (non-hydrogen) atoms. The van der Waals surface area contributed by atoms with Crippen molar-refractivity contribution in [3.05, 3.63) is 46.3 Å². The van der Waals surface area contributed by atoms with Crippen LogP contribution in [0, 0.1) is 6.92 Å². The smallest absolute Gasteiger partial charge is 0.272 e. The van der Waals surface area contributed by atoms with Crippen LogP contribution in [0.15, 0.2) is 18.2 Å². The third-order valence-corrected chi connectivity index (χ3v) is 4.69. The Morgan fingerprint density at radius 3 is 3.08 bits per heavy atom. The monoisotopic (exact) mass is 356 g/mol. The van der Waals surface area contributed by atoms with E-state index in [0.29, 0.717) is 25.4 Å². The molecule has 2 heterocycles. The van der Waals surface area contributed by atoms with Gasteiger partial charge in [-0.3, -0.25) is 9.89 Å². The number of carbonyl (C=O) groups excluding carboxylic acids is 1. The van der Waals surface area contributed by atoms with Gasteiger partial charge in [0.25, 0.3) is 5.91 Å². The van der Waals surface area contributed by atoms with Crippen molar-refractivity contribution in [1.29, 1.82) is 0 Å². The fourth-order valence-corrected chi connectivity index (χ4v) is 3.15. The van der Waals surface area contributed by atoms with Crippen molar-refractivity contribution in [3.8, 4) is 5.75 Å². The van der Waals surface area contributed by atoms with E-state index in [1.54, 1.807) is 0 Å². The molecule has 1 amide bonds. The van der Waals surface area contributed by atoms with E-state index in [1.807, 2.05) is 25.1 Å². The molecule has 0 spiro atoms. The fraction of sp³-hybridized carbons (Fsp3) is 0.500. The quantitative estimate of drug-likeness (QED) is 0.636. The Morgan fingerprint density at radius 1 is 1.35 bits per heavy atom. The van der Waals surface area contributed by atoms with Gasteiger partial charge in [0.2, 0.25) is 0 Å². The maximum Gasteiger partial charge on any atom is 0.272 e. The molecule has 0 fully saturated rings. The summed E-state index contributed by atoms with van der Waals surface area (Å²) in [5, 5.41) is 13.5. The Kier molecular flexibility index (Phi) is 6.28. The predicted molar refractivity (Wildman–Crippen MR) is 101 cm³/mol. The van der Waals surface area contributed by atoms with Crippen molar-refractivity contribution < 1.29 is 9.53 Å². The molecule has 1 aliphatic rings. The van der Waals surface area contributed by atoms with Gasteiger partial charge in [-0.2, -0.15) is 5.10 Å².